The van der Waals surface area contributed by atoms with E-state index in [1.54, 1.807) is 14.0 Å². The molecule has 144 valence electrons. The van der Waals surface area contributed by atoms with Crippen LogP contribution in [0.15, 0.2) is 24.3 Å². The molecular weight excluding hydrogens is 356 g/mol. The van der Waals surface area contributed by atoms with Crippen molar-refractivity contribution in [1.29, 1.82) is 0 Å². The Kier molecular flexibility index (Phi) is 5.84. The van der Waals surface area contributed by atoms with Crippen LogP contribution in [0.4, 0.5) is 0 Å². The van der Waals surface area contributed by atoms with Crippen LogP contribution in [0.5, 0.6) is 5.75 Å². The summed E-state index contributed by atoms with van der Waals surface area (Å²) in [6.45, 7) is 2.80. The Morgan fingerprint density at radius 3 is 2.42 bits per heavy atom. The highest BCUT2D eigenvalue weighted by Gasteiger charge is 2.45. The van der Waals surface area contributed by atoms with Crippen molar-refractivity contribution in [3.05, 3.63) is 29.8 Å². The van der Waals surface area contributed by atoms with Crippen molar-refractivity contribution in [3.8, 4) is 5.75 Å². The van der Waals surface area contributed by atoms with Crippen LogP contribution in [0.25, 0.3) is 0 Å². The van der Waals surface area contributed by atoms with Crippen molar-refractivity contribution in [1.82, 2.24) is 8.61 Å². The van der Waals surface area contributed by atoms with Crippen LogP contribution in [0.3, 0.4) is 0 Å². The molecule has 0 radical (unpaired) electrons. The second-order valence-corrected chi connectivity index (χ2v) is 8.40. The second-order valence-electron chi connectivity index (χ2n) is 6.57. The fourth-order valence-electron chi connectivity index (χ4n) is 3.80. The van der Waals surface area contributed by atoms with Crippen molar-refractivity contribution in [2.75, 3.05) is 26.8 Å². The van der Waals surface area contributed by atoms with Crippen molar-refractivity contribution in [3.63, 3.8) is 0 Å². The molecule has 7 nitrogen and oxygen atoms in total. The van der Waals surface area contributed by atoms with Gasteiger partial charge in [-0.3, -0.25) is 4.79 Å². The maximum Gasteiger partial charge on any atom is 0.324 e. The topological polar surface area (TPSA) is 76.2 Å². The fraction of sp³-hybridized carbons (Fsp3) is 0.611. The smallest absolute Gasteiger partial charge is 0.324 e. The summed E-state index contributed by atoms with van der Waals surface area (Å²) in [7, 11) is -2.13. The summed E-state index contributed by atoms with van der Waals surface area (Å²) in [5.74, 6) is 0.289. The number of rotatable bonds is 6. The van der Waals surface area contributed by atoms with E-state index in [2.05, 4.69) is 0 Å². The minimum Gasteiger partial charge on any atom is -0.497 e. The third-order valence-electron chi connectivity index (χ3n) is 5.06. The number of nitrogens with zero attached hydrogens (tertiary/aromatic N) is 2. The van der Waals surface area contributed by atoms with Crippen LogP contribution in [0.1, 0.15) is 44.2 Å². The molecule has 0 aliphatic carbocycles. The lowest BCUT2D eigenvalue weighted by atomic mass is 10.1. The number of carbonyl (C=O) groups is 1. The predicted octanol–water partition coefficient (Wildman–Crippen LogP) is 2.10. The van der Waals surface area contributed by atoms with E-state index in [0.717, 1.165) is 24.2 Å². The normalized spacial score (nSPS) is 24.7. The lowest BCUT2D eigenvalue weighted by molar-refractivity contribution is -0.146. The van der Waals surface area contributed by atoms with Gasteiger partial charge in [-0.05, 0) is 50.3 Å². The van der Waals surface area contributed by atoms with E-state index >= 15 is 0 Å². The summed E-state index contributed by atoms with van der Waals surface area (Å²) in [5, 5.41) is 0. The Morgan fingerprint density at radius 2 is 1.77 bits per heavy atom. The number of methoxy groups -OCH3 is 1. The van der Waals surface area contributed by atoms with Gasteiger partial charge in [0.2, 0.25) is 0 Å². The molecule has 2 heterocycles. The number of hydrogen-bond donors (Lipinski definition) is 0. The molecule has 0 N–H and O–H groups in total. The number of hydrogen-bond acceptors (Lipinski definition) is 5. The summed E-state index contributed by atoms with van der Waals surface area (Å²) in [4.78, 5) is 12.2. The van der Waals surface area contributed by atoms with Gasteiger partial charge in [-0.25, -0.2) is 0 Å². The average molecular weight is 382 g/mol. The van der Waals surface area contributed by atoms with E-state index in [4.69, 9.17) is 9.47 Å². The zero-order chi connectivity index (χ0) is 18.7. The largest absolute Gasteiger partial charge is 0.497 e. The third-order valence-corrected chi connectivity index (χ3v) is 7.12. The Bertz CT molecular complexity index is 734. The van der Waals surface area contributed by atoms with E-state index in [1.165, 1.54) is 8.61 Å². The van der Waals surface area contributed by atoms with Gasteiger partial charge in [-0.1, -0.05) is 12.1 Å². The van der Waals surface area contributed by atoms with Crippen molar-refractivity contribution in [2.45, 2.75) is 44.7 Å². The van der Waals surface area contributed by atoms with Gasteiger partial charge in [0.15, 0.2) is 0 Å². The molecule has 2 fully saturated rings. The van der Waals surface area contributed by atoms with Gasteiger partial charge in [0.25, 0.3) is 10.2 Å². The molecule has 0 spiro atoms. The van der Waals surface area contributed by atoms with E-state index in [9.17, 15) is 13.2 Å². The highest BCUT2D eigenvalue weighted by molar-refractivity contribution is 7.86. The third kappa shape index (κ3) is 3.58. The minimum absolute atomic E-state index is 0.214. The molecule has 1 aromatic carbocycles. The highest BCUT2D eigenvalue weighted by atomic mass is 32.2. The molecule has 3 rings (SSSR count). The quantitative estimate of drug-likeness (QED) is 0.705. The molecule has 0 aromatic heterocycles. The van der Waals surface area contributed by atoms with Crippen LogP contribution in [0.2, 0.25) is 0 Å². The fourth-order valence-corrected chi connectivity index (χ4v) is 5.85. The molecule has 0 saturated carbocycles. The summed E-state index contributed by atoms with van der Waals surface area (Å²) in [6, 6.07) is 6.58. The first kappa shape index (κ1) is 19.1. The Hall–Kier alpha value is -1.64. The van der Waals surface area contributed by atoms with Crippen LogP contribution in [0, 0.1) is 0 Å². The summed E-state index contributed by atoms with van der Waals surface area (Å²) in [6.07, 6.45) is 2.75. The van der Waals surface area contributed by atoms with E-state index in [-0.39, 0.29) is 12.6 Å². The lowest BCUT2D eigenvalue weighted by Crippen LogP contribution is -2.48. The maximum absolute atomic E-state index is 13.3. The van der Waals surface area contributed by atoms with Crippen molar-refractivity contribution >= 4 is 16.2 Å². The molecule has 0 amide bonds. The van der Waals surface area contributed by atoms with Gasteiger partial charge in [0, 0.05) is 13.1 Å². The molecule has 1 aromatic rings. The molecule has 0 unspecified atom stereocenters. The van der Waals surface area contributed by atoms with E-state index in [0.29, 0.717) is 25.9 Å². The summed E-state index contributed by atoms with van der Waals surface area (Å²) >= 11 is 0. The van der Waals surface area contributed by atoms with Crippen LogP contribution >= 0.6 is 0 Å². The Labute approximate surface area is 155 Å². The molecule has 0 bridgehead atoms. The second kappa shape index (κ2) is 7.94. The van der Waals surface area contributed by atoms with Gasteiger partial charge < -0.3 is 9.47 Å². The first-order valence-corrected chi connectivity index (χ1v) is 10.5. The van der Waals surface area contributed by atoms with Gasteiger partial charge in [0.05, 0.1) is 19.8 Å². The minimum atomic E-state index is -3.73. The zero-order valence-electron chi connectivity index (χ0n) is 15.3. The maximum atomic E-state index is 13.3. The average Bonchev–Trinajstić information content (AvgIpc) is 3.32. The standard InChI is InChI=1S/C18H26N2O5S/c1-3-25-18(21)17-7-5-13-20(17)26(22,23)19-12-4-6-16(19)14-8-10-15(24-2)11-9-14/h8-11,16-17H,3-7,12-13H2,1-2H3/t16-,17-/m0/s1. The van der Waals surface area contributed by atoms with Gasteiger partial charge >= 0.3 is 5.97 Å². The van der Waals surface area contributed by atoms with Crippen LogP contribution in [-0.4, -0.2) is 55.8 Å². The molecule has 2 aliphatic rings. The molecule has 2 aliphatic heterocycles. The van der Waals surface area contributed by atoms with E-state index in [1.807, 2.05) is 24.3 Å². The van der Waals surface area contributed by atoms with Crippen molar-refractivity contribution < 1.29 is 22.7 Å². The van der Waals surface area contributed by atoms with Gasteiger partial charge in [-0.15, -0.1) is 0 Å². The summed E-state index contributed by atoms with van der Waals surface area (Å²) in [5.41, 5.74) is 0.943. The van der Waals surface area contributed by atoms with E-state index < -0.39 is 22.2 Å². The molecule has 2 atom stereocenters. The highest BCUT2D eigenvalue weighted by Crippen LogP contribution is 2.37. The SMILES string of the molecule is CCOC(=O)[C@@H]1CCCN1S(=O)(=O)N1CCC[C@H]1c1ccc(OC)cc1. The summed E-state index contributed by atoms with van der Waals surface area (Å²) < 4.78 is 39.7. The monoisotopic (exact) mass is 382 g/mol. The molecule has 26 heavy (non-hydrogen) atoms. The molecule has 2 saturated heterocycles. The predicted molar refractivity (Wildman–Crippen MR) is 97.0 cm³/mol. The first-order chi connectivity index (χ1) is 12.5. The van der Waals surface area contributed by atoms with Crippen LogP contribution in [-0.2, 0) is 19.7 Å². The first-order valence-electron chi connectivity index (χ1n) is 9.08. The number of esters is 1. The zero-order valence-corrected chi connectivity index (χ0v) is 16.1. The molecule has 8 heteroatoms. The number of benzene rings is 1. The van der Waals surface area contributed by atoms with Gasteiger partial charge in [-0.2, -0.15) is 17.0 Å². The van der Waals surface area contributed by atoms with Crippen molar-refractivity contribution in [2.24, 2.45) is 0 Å². The number of ether oxygens (including phenoxy) is 2. The Morgan fingerprint density at radius 1 is 1.12 bits per heavy atom. The number of carbonyl (C=O) groups excluding carboxylic acids is 1. The van der Waals surface area contributed by atoms with Gasteiger partial charge in [0.1, 0.15) is 11.8 Å². The Balaban J connectivity index is 1.83. The molecular formula is C18H26N2O5S. The lowest BCUT2D eigenvalue weighted by Gasteiger charge is -2.31. The van der Waals surface area contributed by atoms with Crippen LogP contribution < -0.4 is 4.74 Å².